The van der Waals surface area contributed by atoms with Crippen LogP contribution >= 0.6 is 0 Å². The molecule has 8 nitrogen and oxygen atoms in total. The molecule has 0 fully saturated rings. The summed E-state index contributed by atoms with van der Waals surface area (Å²) in [5, 5.41) is 11.2. The predicted molar refractivity (Wildman–Crippen MR) is 92.0 cm³/mol. The van der Waals surface area contributed by atoms with Gasteiger partial charge in [-0.05, 0) is 31.2 Å². The lowest BCUT2D eigenvalue weighted by Crippen LogP contribution is -2.16. The number of benzene rings is 2. The predicted octanol–water partition coefficient (Wildman–Crippen LogP) is 2.96. The van der Waals surface area contributed by atoms with Crippen molar-refractivity contribution in [2.75, 3.05) is 20.8 Å². The number of para-hydroxylation sites is 1. The number of ketones is 1. The quantitative estimate of drug-likeness (QED) is 0.324. The minimum Gasteiger partial charge on any atom is -0.497 e. The van der Waals surface area contributed by atoms with E-state index in [-0.39, 0.29) is 16.8 Å². The summed E-state index contributed by atoms with van der Waals surface area (Å²) < 4.78 is 15.2. The molecular formula is C18H17NO7. The molecule has 0 N–H and O–H groups in total. The van der Waals surface area contributed by atoms with Crippen LogP contribution < -0.4 is 9.47 Å². The number of Topliss-reactive ketones (excluding diaryl/α,β-unsaturated/α-hetero) is 1. The Labute approximate surface area is 149 Å². The number of hydrogen-bond donors (Lipinski definition) is 0. The van der Waals surface area contributed by atoms with Gasteiger partial charge in [-0.3, -0.25) is 14.9 Å². The maximum atomic E-state index is 12.4. The molecule has 2 aromatic carbocycles. The maximum absolute atomic E-state index is 12.4. The first-order valence-corrected chi connectivity index (χ1v) is 7.55. The summed E-state index contributed by atoms with van der Waals surface area (Å²) in [5.74, 6) is -0.733. The van der Waals surface area contributed by atoms with Gasteiger partial charge in [-0.25, -0.2) is 4.79 Å². The van der Waals surface area contributed by atoms with Gasteiger partial charge in [0.25, 0.3) is 5.69 Å². The van der Waals surface area contributed by atoms with Crippen LogP contribution in [0.5, 0.6) is 11.5 Å². The summed E-state index contributed by atoms with van der Waals surface area (Å²) >= 11 is 0. The van der Waals surface area contributed by atoms with Gasteiger partial charge in [0.2, 0.25) is 5.78 Å². The minimum atomic E-state index is -0.949. The summed E-state index contributed by atoms with van der Waals surface area (Å²) in [7, 11) is 2.85. The highest BCUT2D eigenvalue weighted by Gasteiger charge is 2.24. The van der Waals surface area contributed by atoms with Crippen LogP contribution in [-0.2, 0) is 4.74 Å². The first-order valence-electron chi connectivity index (χ1n) is 7.55. The fourth-order valence-corrected chi connectivity index (χ4v) is 2.38. The summed E-state index contributed by atoms with van der Waals surface area (Å²) in [6.07, 6.45) is 0. The Hall–Kier alpha value is -3.42. The van der Waals surface area contributed by atoms with E-state index in [9.17, 15) is 19.7 Å². The molecular weight excluding hydrogens is 342 g/mol. The van der Waals surface area contributed by atoms with Gasteiger partial charge in [0.05, 0.1) is 24.7 Å². The van der Waals surface area contributed by atoms with E-state index in [0.717, 1.165) is 0 Å². The zero-order valence-electron chi connectivity index (χ0n) is 14.5. The number of carbonyl (C=O) groups is 2. The van der Waals surface area contributed by atoms with Gasteiger partial charge in [0, 0.05) is 5.56 Å². The fourth-order valence-electron chi connectivity index (χ4n) is 2.38. The molecule has 0 saturated carbocycles. The van der Waals surface area contributed by atoms with Crippen LogP contribution in [0.25, 0.3) is 0 Å². The molecule has 8 heteroatoms. The number of rotatable bonds is 7. The van der Waals surface area contributed by atoms with Crippen molar-refractivity contribution in [1.29, 1.82) is 0 Å². The Morgan fingerprint density at radius 3 is 2.42 bits per heavy atom. The van der Waals surface area contributed by atoms with Crippen molar-refractivity contribution in [3.05, 3.63) is 63.2 Å². The number of ether oxygens (including phenoxy) is 3. The molecule has 0 unspecified atom stereocenters. The maximum Gasteiger partial charge on any atom is 0.345 e. The third kappa shape index (κ3) is 3.97. The molecule has 0 spiro atoms. The first-order chi connectivity index (χ1) is 12.4. The topological polar surface area (TPSA) is 105 Å². The summed E-state index contributed by atoms with van der Waals surface area (Å²) in [5.41, 5.74) is -0.0482. The van der Waals surface area contributed by atoms with E-state index in [4.69, 9.17) is 14.2 Å². The normalized spacial score (nSPS) is 10.1. The smallest absolute Gasteiger partial charge is 0.345 e. The highest BCUT2D eigenvalue weighted by atomic mass is 16.6. The summed E-state index contributed by atoms with van der Waals surface area (Å²) in [4.78, 5) is 35.1. The number of nitro benzene ring substituents is 1. The third-order valence-corrected chi connectivity index (χ3v) is 3.68. The van der Waals surface area contributed by atoms with E-state index >= 15 is 0 Å². The number of hydrogen-bond acceptors (Lipinski definition) is 7. The average molecular weight is 359 g/mol. The van der Waals surface area contributed by atoms with Crippen LogP contribution in [0.2, 0.25) is 0 Å². The second-order valence-corrected chi connectivity index (χ2v) is 5.29. The van der Waals surface area contributed by atoms with E-state index in [0.29, 0.717) is 17.1 Å². The monoisotopic (exact) mass is 359 g/mol. The van der Waals surface area contributed by atoms with Gasteiger partial charge in [-0.2, -0.15) is 0 Å². The lowest BCUT2D eigenvalue weighted by atomic mass is 10.1. The van der Waals surface area contributed by atoms with Crippen molar-refractivity contribution in [2.24, 2.45) is 0 Å². The SMILES string of the molecule is COc1ccc(OC)c(C(=O)COC(=O)c2cccc(C)c2[N+](=O)[O-])c1. The van der Waals surface area contributed by atoms with Crippen LogP contribution in [0.4, 0.5) is 5.69 Å². The molecule has 0 radical (unpaired) electrons. The fraction of sp³-hybridized carbons (Fsp3) is 0.222. The van der Waals surface area contributed by atoms with Crippen molar-refractivity contribution in [2.45, 2.75) is 6.92 Å². The molecule has 0 heterocycles. The molecule has 26 heavy (non-hydrogen) atoms. The second kappa shape index (κ2) is 8.11. The van der Waals surface area contributed by atoms with Gasteiger partial charge < -0.3 is 14.2 Å². The van der Waals surface area contributed by atoms with E-state index in [2.05, 4.69) is 0 Å². The lowest BCUT2D eigenvalue weighted by Gasteiger charge is -2.10. The average Bonchev–Trinajstić information content (AvgIpc) is 2.64. The second-order valence-electron chi connectivity index (χ2n) is 5.29. The zero-order chi connectivity index (χ0) is 19.3. The standard InChI is InChI=1S/C18H17NO7/c1-11-5-4-6-13(17(11)19(22)23)18(21)26-10-15(20)14-9-12(24-2)7-8-16(14)25-3/h4-9H,10H2,1-3H3. The van der Waals surface area contributed by atoms with Gasteiger partial charge in [0.1, 0.15) is 17.1 Å². The number of nitro groups is 1. The minimum absolute atomic E-state index is 0.179. The Bertz CT molecular complexity index is 861. The third-order valence-electron chi connectivity index (χ3n) is 3.68. The van der Waals surface area contributed by atoms with Crippen molar-refractivity contribution in [3.63, 3.8) is 0 Å². The first kappa shape index (κ1) is 18.9. The Morgan fingerprint density at radius 1 is 1.08 bits per heavy atom. The van der Waals surface area contributed by atoms with Crippen LogP contribution in [0, 0.1) is 17.0 Å². The zero-order valence-corrected chi connectivity index (χ0v) is 14.5. The van der Waals surface area contributed by atoms with E-state index in [1.165, 1.54) is 45.4 Å². The molecule has 0 aromatic heterocycles. The van der Waals surface area contributed by atoms with Crippen LogP contribution in [0.1, 0.15) is 26.3 Å². The van der Waals surface area contributed by atoms with Crippen LogP contribution in [-0.4, -0.2) is 37.5 Å². The van der Waals surface area contributed by atoms with Crippen molar-refractivity contribution < 1.29 is 28.7 Å². The number of nitrogens with zero attached hydrogens (tertiary/aromatic N) is 1. The van der Waals surface area contributed by atoms with Crippen LogP contribution in [0.15, 0.2) is 36.4 Å². The molecule has 0 aliphatic carbocycles. The molecule has 0 saturated heterocycles. The molecule has 2 aromatic rings. The van der Waals surface area contributed by atoms with Gasteiger partial charge >= 0.3 is 5.97 Å². The van der Waals surface area contributed by atoms with E-state index in [1.54, 1.807) is 12.1 Å². The summed E-state index contributed by atoms with van der Waals surface area (Å²) in [6, 6.07) is 8.94. The molecule has 2 rings (SSSR count). The molecule has 0 bridgehead atoms. The van der Waals surface area contributed by atoms with E-state index in [1.807, 2.05) is 0 Å². The van der Waals surface area contributed by atoms with Crippen molar-refractivity contribution in [1.82, 2.24) is 0 Å². The Morgan fingerprint density at radius 2 is 1.81 bits per heavy atom. The number of esters is 1. The Kier molecular flexibility index (Phi) is 5.90. The van der Waals surface area contributed by atoms with Crippen molar-refractivity contribution in [3.8, 4) is 11.5 Å². The van der Waals surface area contributed by atoms with Crippen LogP contribution in [0.3, 0.4) is 0 Å². The highest BCUT2D eigenvalue weighted by molar-refractivity contribution is 6.02. The summed E-state index contributed by atoms with van der Waals surface area (Å²) in [6.45, 7) is 0.925. The van der Waals surface area contributed by atoms with Gasteiger partial charge in [-0.15, -0.1) is 0 Å². The molecule has 0 aliphatic rings. The number of carbonyl (C=O) groups excluding carboxylic acids is 2. The highest BCUT2D eigenvalue weighted by Crippen LogP contribution is 2.26. The number of aryl methyl sites for hydroxylation is 1. The van der Waals surface area contributed by atoms with Gasteiger partial charge in [0.15, 0.2) is 6.61 Å². The largest absolute Gasteiger partial charge is 0.497 e. The number of methoxy groups -OCH3 is 2. The molecule has 0 atom stereocenters. The van der Waals surface area contributed by atoms with Gasteiger partial charge in [-0.1, -0.05) is 12.1 Å². The van der Waals surface area contributed by atoms with Crippen molar-refractivity contribution >= 4 is 17.4 Å². The Balaban J connectivity index is 2.19. The lowest BCUT2D eigenvalue weighted by molar-refractivity contribution is -0.385. The molecule has 136 valence electrons. The van der Waals surface area contributed by atoms with E-state index < -0.39 is 23.3 Å². The molecule has 0 aliphatic heterocycles. The molecule has 0 amide bonds.